The minimum absolute atomic E-state index is 0.162. The molecule has 0 spiro atoms. The number of aryl methyl sites for hydroxylation is 1. The van der Waals surface area contributed by atoms with Gasteiger partial charge in [-0.05, 0) is 36.8 Å². The molecule has 0 fully saturated rings. The maximum atomic E-state index is 13.3. The van der Waals surface area contributed by atoms with Crippen LogP contribution in [0.3, 0.4) is 0 Å². The lowest BCUT2D eigenvalue weighted by Crippen LogP contribution is -2.14. The van der Waals surface area contributed by atoms with E-state index in [1.54, 1.807) is 18.2 Å². The Hall–Kier alpha value is -1.78. The molecule has 0 unspecified atom stereocenters. The van der Waals surface area contributed by atoms with Crippen LogP contribution in [0, 0.1) is 12.7 Å². The topological polar surface area (TPSA) is 55.1 Å². The molecule has 3 nitrogen and oxygen atoms in total. The first-order valence-corrected chi connectivity index (χ1v) is 6.46. The Morgan fingerprint density at radius 1 is 1.20 bits per heavy atom. The van der Waals surface area contributed by atoms with Crippen LogP contribution in [0.15, 0.2) is 30.3 Å². The van der Waals surface area contributed by atoms with E-state index >= 15 is 0 Å². The Labute approximate surface area is 125 Å². The largest absolute Gasteiger partial charge is 0.398 e. The fraction of sp³-hybridized carbons (Fsp3) is 0.0714. The van der Waals surface area contributed by atoms with Crippen molar-refractivity contribution in [3.8, 4) is 0 Å². The van der Waals surface area contributed by atoms with Crippen molar-refractivity contribution >= 4 is 40.5 Å². The van der Waals surface area contributed by atoms with E-state index in [2.05, 4.69) is 5.32 Å². The van der Waals surface area contributed by atoms with Crippen LogP contribution < -0.4 is 11.1 Å². The Balaban J connectivity index is 2.28. The molecule has 0 bridgehead atoms. The number of carbonyl (C=O) groups excluding carboxylic acids is 1. The lowest BCUT2D eigenvalue weighted by atomic mass is 10.1. The van der Waals surface area contributed by atoms with E-state index in [0.29, 0.717) is 16.9 Å². The highest BCUT2D eigenvalue weighted by atomic mass is 35.5. The number of nitrogens with two attached hydrogens (primary N) is 1. The Morgan fingerprint density at radius 2 is 1.80 bits per heavy atom. The van der Waals surface area contributed by atoms with Gasteiger partial charge in [-0.1, -0.05) is 29.3 Å². The zero-order chi connectivity index (χ0) is 14.9. The SMILES string of the molecule is Cc1ccc(C(=O)Nc2cc(Cl)c(F)c(Cl)c2)c(N)c1. The molecule has 1 amide bonds. The second kappa shape index (κ2) is 5.69. The van der Waals surface area contributed by atoms with Gasteiger partial charge in [-0.25, -0.2) is 4.39 Å². The fourth-order valence-corrected chi connectivity index (χ4v) is 2.20. The van der Waals surface area contributed by atoms with Gasteiger partial charge in [0.2, 0.25) is 0 Å². The molecule has 0 radical (unpaired) electrons. The maximum absolute atomic E-state index is 13.3. The minimum Gasteiger partial charge on any atom is -0.398 e. The molecule has 6 heteroatoms. The highest BCUT2D eigenvalue weighted by Crippen LogP contribution is 2.28. The van der Waals surface area contributed by atoms with E-state index in [1.807, 2.05) is 6.92 Å². The van der Waals surface area contributed by atoms with Gasteiger partial charge < -0.3 is 11.1 Å². The highest BCUT2D eigenvalue weighted by molar-refractivity contribution is 6.35. The second-order valence-corrected chi connectivity index (χ2v) is 5.11. The number of carbonyl (C=O) groups is 1. The average Bonchev–Trinajstić information content (AvgIpc) is 2.35. The van der Waals surface area contributed by atoms with Crippen LogP contribution in [-0.2, 0) is 0 Å². The molecule has 0 aromatic heterocycles. The number of rotatable bonds is 2. The number of hydrogen-bond donors (Lipinski definition) is 2. The van der Waals surface area contributed by atoms with E-state index < -0.39 is 11.7 Å². The smallest absolute Gasteiger partial charge is 0.257 e. The molecule has 0 heterocycles. The first-order valence-electron chi connectivity index (χ1n) is 5.70. The lowest BCUT2D eigenvalue weighted by molar-refractivity contribution is 0.102. The first-order chi connectivity index (χ1) is 9.38. The molecule has 3 N–H and O–H groups in total. The minimum atomic E-state index is -0.721. The Morgan fingerprint density at radius 3 is 2.35 bits per heavy atom. The van der Waals surface area contributed by atoms with Gasteiger partial charge in [0.1, 0.15) is 0 Å². The molecule has 104 valence electrons. The quantitative estimate of drug-likeness (QED) is 0.642. The fourth-order valence-electron chi connectivity index (χ4n) is 1.72. The standard InChI is InChI=1S/C14H11Cl2FN2O/c1-7-2-3-9(12(18)4-7)14(20)19-8-5-10(15)13(17)11(16)6-8/h2-6H,18H2,1H3,(H,19,20). The van der Waals surface area contributed by atoms with E-state index in [4.69, 9.17) is 28.9 Å². The van der Waals surface area contributed by atoms with E-state index in [1.165, 1.54) is 12.1 Å². The number of nitrogens with one attached hydrogen (secondary N) is 1. The van der Waals surface area contributed by atoms with Crippen molar-refractivity contribution in [3.05, 3.63) is 57.3 Å². The molecule has 0 saturated heterocycles. The van der Waals surface area contributed by atoms with Crippen molar-refractivity contribution in [2.45, 2.75) is 6.92 Å². The van der Waals surface area contributed by atoms with Crippen LogP contribution in [0.2, 0.25) is 10.0 Å². The molecule has 0 atom stereocenters. The predicted molar refractivity (Wildman–Crippen MR) is 80.0 cm³/mol. The summed E-state index contributed by atoms with van der Waals surface area (Å²) in [5, 5.41) is 2.25. The number of nitrogen functional groups attached to an aromatic ring is 1. The predicted octanol–water partition coefficient (Wildman–Crippen LogP) is 4.28. The van der Waals surface area contributed by atoms with Gasteiger partial charge in [0.15, 0.2) is 5.82 Å². The molecular formula is C14H11Cl2FN2O. The Bertz CT molecular complexity index is 666. The molecule has 2 aromatic rings. The third-order valence-electron chi connectivity index (χ3n) is 2.69. The van der Waals surface area contributed by atoms with Crippen molar-refractivity contribution in [1.29, 1.82) is 0 Å². The number of anilines is 2. The summed E-state index contributed by atoms with van der Waals surface area (Å²) in [5.41, 5.74) is 7.72. The molecule has 0 saturated carbocycles. The van der Waals surface area contributed by atoms with Crippen LogP contribution >= 0.6 is 23.2 Å². The van der Waals surface area contributed by atoms with Crippen molar-refractivity contribution in [2.24, 2.45) is 0 Å². The molecular weight excluding hydrogens is 302 g/mol. The molecule has 0 aliphatic rings. The number of benzene rings is 2. The monoisotopic (exact) mass is 312 g/mol. The first kappa shape index (κ1) is 14.6. The summed E-state index contributed by atoms with van der Waals surface area (Å²) in [7, 11) is 0. The van der Waals surface area contributed by atoms with Crippen molar-refractivity contribution in [1.82, 2.24) is 0 Å². The third-order valence-corrected chi connectivity index (χ3v) is 3.24. The van der Waals surface area contributed by atoms with Crippen LogP contribution in [-0.4, -0.2) is 5.91 Å². The summed E-state index contributed by atoms with van der Waals surface area (Å²) in [5.74, 6) is -1.14. The van der Waals surface area contributed by atoms with Crippen LogP contribution in [0.5, 0.6) is 0 Å². The van der Waals surface area contributed by atoms with Gasteiger partial charge in [0, 0.05) is 11.4 Å². The number of hydrogen-bond acceptors (Lipinski definition) is 2. The van der Waals surface area contributed by atoms with Crippen molar-refractivity contribution in [3.63, 3.8) is 0 Å². The van der Waals surface area contributed by atoms with Gasteiger partial charge in [-0.15, -0.1) is 0 Å². The number of halogens is 3. The normalized spacial score (nSPS) is 10.4. The summed E-state index contributed by atoms with van der Waals surface area (Å²) < 4.78 is 13.3. The summed E-state index contributed by atoms with van der Waals surface area (Å²) in [6.45, 7) is 1.87. The average molecular weight is 313 g/mol. The maximum Gasteiger partial charge on any atom is 0.257 e. The van der Waals surface area contributed by atoms with Crippen LogP contribution in [0.25, 0.3) is 0 Å². The summed E-state index contributed by atoms with van der Waals surface area (Å²) >= 11 is 11.3. The van der Waals surface area contributed by atoms with E-state index in [9.17, 15) is 9.18 Å². The van der Waals surface area contributed by atoms with Gasteiger partial charge in [-0.2, -0.15) is 0 Å². The second-order valence-electron chi connectivity index (χ2n) is 4.30. The molecule has 0 aliphatic heterocycles. The van der Waals surface area contributed by atoms with Gasteiger partial charge in [0.05, 0.1) is 15.6 Å². The van der Waals surface area contributed by atoms with Crippen LogP contribution in [0.4, 0.5) is 15.8 Å². The molecule has 0 aliphatic carbocycles. The summed E-state index contributed by atoms with van der Waals surface area (Å²) in [6.07, 6.45) is 0. The van der Waals surface area contributed by atoms with E-state index in [0.717, 1.165) is 5.56 Å². The zero-order valence-electron chi connectivity index (χ0n) is 10.5. The lowest BCUT2D eigenvalue weighted by Gasteiger charge is -2.09. The third kappa shape index (κ3) is 3.03. The van der Waals surface area contributed by atoms with Crippen molar-refractivity contribution < 1.29 is 9.18 Å². The van der Waals surface area contributed by atoms with Crippen molar-refractivity contribution in [2.75, 3.05) is 11.1 Å². The molecule has 2 aromatic carbocycles. The summed E-state index contributed by atoms with van der Waals surface area (Å²) in [4.78, 5) is 12.1. The highest BCUT2D eigenvalue weighted by Gasteiger charge is 2.13. The summed E-state index contributed by atoms with van der Waals surface area (Å²) in [6, 6.07) is 7.65. The van der Waals surface area contributed by atoms with Gasteiger partial charge in [-0.3, -0.25) is 4.79 Å². The molecule has 20 heavy (non-hydrogen) atoms. The van der Waals surface area contributed by atoms with Crippen LogP contribution in [0.1, 0.15) is 15.9 Å². The van der Waals surface area contributed by atoms with E-state index in [-0.39, 0.29) is 10.0 Å². The van der Waals surface area contributed by atoms with Gasteiger partial charge >= 0.3 is 0 Å². The Kier molecular flexibility index (Phi) is 4.16. The molecule has 2 rings (SSSR count). The van der Waals surface area contributed by atoms with Gasteiger partial charge in [0.25, 0.3) is 5.91 Å². The zero-order valence-corrected chi connectivity index (χ0v) is 12.0. The number of amides is 1.